The fourth-order valence-electron chi connectivity index (χ4n) is 3.18. The Morgan fingerprint density at radius 1 is 1.32 bits per heavy atom. The topological polar surface area (TPSA) is 41.1 Å². The summed E-state index contributed by atoms with van der Waals surface area (Å²) in [5.41, 5.74) is 1.28. The first kappa shape index (κ1) is 14.1. The van der Waals surface area contributed by atoms with Crippen LogP contribution in [-0.4, -0.2) is 29.1 Å². The van der Waals surface area contributed by atoms with Crippen LogP contribution in [0.15, 0.2) is 6.33 Å². The summed E-state index contributed by atoms with van der Waals surface area (Å²) in [5, 5.41) is 3.21. The molecule has 1 fully saturated rings. The number of hydrogen-bond donors (Lipinski definition) is 1. The molecule has 0 aliphatic carbocycles. The number of nitrogens with one attached hydrogen (secondary N) is 1. The van der Waals surface area contributed by atoms with Gasteiger partial charge < -0.3 is 10.2 Å². The highest BCUT2D eigenvalue weighted by molar-refractivity contribution is 5.60. The van der Waals surface area contributed by atoms with Crippen molar-refractivity contribution in [2.24, 2.45) is 0 Å². The van der Waals surface area contributed by atoms with Gasteiger partial charge in [0.25, 0.3) is 0 Å². The molecular formula is C15H26N4. The summed E-state index contributed by atoms with van der Waals surface area (Å²) < 4.78 is 0. The van der Waals surface area contributed by atoms with E-state index < -0.39 is 0 Å². The van der Waals surface area contributed by atoms with Crippen molar-refractivity contribution in [3.05, 3.63) is 11.9 Å². The Labute approximate surface area is 116 Å². The predicted octanol–water partition coefficient (Wildman–Crippen LogP) is 3.24. The van der Waals surface area contributed by atoms with E-state index in [0.717, 1.165) is 24.5 Å². The van der Waals surface area contributed by atoms with Gasteiger partial charge in [-0.15, -0.1) is 0 Å². The Morgan fingerprint density at radius 2 is 2.11 bits per heavy atom. The van der Waals surface area contributed by atoms with Crippen LogP contribution in [-0.2, 0) is 6.42 Å². The third kappa shape index (κ3) is 2.67. The van der Waals surface area contributed by atoms with Gasteiger partial charge in [-0.3, -0.25) is 0 Å². The number of anilines is 2. The fourth-order valence-corrected chi connectivity index (χ4v) is 3.18. The van der Waals surface area contributed by atoms with Gasteiger partial charge >= 0.3 is 0 Å². The number of aromatic nitrogens is 2. The summed E-state index contributed by atoms with van der Waals surface area (Å²) in [4.78, 5) is 11.5. The molecule has 1 aromatic heterocycles. The summed E-state index contributed by atoms with van der Waals surface area (Å²) in [6.07, 6.45) is 7.58. The Kier molecular flexibility index (Phi) is 4.61. The molecule has 106 valence electrons. The minimum Gasteiger partial charge on any atom is -0.373 e. The van der Waals surface area contributed by atoms with Gasteiger partial charge in [-0.1, -0.05) is 20.3 Å². The first-order chi connectivity index (χ1) is 9.22. The van der Waals surface area contributed by atoms with Gasteiger partial charge in [0, 0.05) is 24.7 Å². The van der Waals surface area contributed by atoms with Crippen molar-refractivity contribution in [2.75, 3.05) is 17.3 Å². The Bertz CT molecular complexity index is 419. The maximum absolute atomic E-state index is 4.61. The van der Waals surface area contributed by atoms with Crippen molar-refractivity contribution >= 4 is 11.6 Å². The molecule has 19 heavy (non-hydrogen) atoms. The van der Waals surface area contributed by atoms with Gasteiger partial charge in [-0.2, -0.15) is 0 Å². The Morgan fingerprint density at radius 3 is 2.74 bits per heavy atom. The molecule has 4 nitrogen and oxygen atoms in total. The van der Waals surface area contributed by atoms with E-state index in [4.69, 9.17) is 0 Å². The monoisotopic (exact) mass is 262 g/mol. The van der Waals surface area contributed by atoms with E-state index >= 15 is 0 Å². The second kappa shape index (κ2) is 6.22. The van der Waals surface area contributed by atoms with Crippen LogP contribution < -0.4 is 10.2 Å². The van der Waals surface area contributed by atoms with Gasteiger partial charge in [-0.05, 0) is 32.6 Å². The van der Waals surface area contributed by atoms with Crippen molar-refractivity contribution in [1.82, 2.24) is 9.97 Å². The zero-order valence-electron chi connectivity index (χ0n) is 12.6. The maximum atomic E-state index is 4.61. The van der Waals surface area contributed by atoms with Crippen molar-refractivity contribution in [3.8, 4) is 0 Å². The normalized spacial score (nSPS) is 22.8. The van der Waals surface area contributed by atoms with E-state index in [2.05, 4.69) is 41.0 Å². The third-order valence-corrected chi connectivity index (χ3v) is 4.16. The minimum absolute atomic E-state index is 0.583. The lowest BCUT2D eigenvalue weighted by atomic mass is 10.1. The van der Waals surface area contributed by atoms with Crippen LogP contribution in [0, 0.1) is 0 Å². The first-order valence-corrected chi connectivity index (χ1v) is 7.52. The Balaban J connectivity index is 2.42. The number of hydrogen-bond acceptors (Lipinski definition) is 4. The molecule has 1 saturated heterocycles. The van der Waals surface area contributed by atoms with E-state index in [1.54, 1.807) is 6.33 Å². The molecule has 0 spiro atoms. The standard InChI is InChI=1S/C15H26N4/c1-5-7-13-14(16-4)17-10-18-15(13)19-11(3)8-9-12(19)6-2/h10-12H,5-9H2,1-4H3,(H,16,17,18). The van der Waals surface area contributed by atoms with Crippen molar-refractivity contribution < 1.29 is 0 Å². The smallest absolute Gasteiger partial charge is 0.137 e. The molecule has 1 aromatic rings. The molecule has 2 unspecified atom stereocenters. The Hall–Kier alpha value is -1.32. The highest BCUT2D eigenvalue weighted by Gasteiger charge is 2.32. The second-order valence-corrected chi connectivity index (χ2v) is 5.42. The molecule has 1 aliphatic rings. The van der Waals surface area contributed by atoms with Crippen molar-refractivity contribution in [2.45, 2.75) is 65.0 Å². The van der Waals surface area contributed by atoms with Crippen LogP contribution in [0.4, 0.5) is 11.6 Å². The lowest BCUT2D eigenvalue weighted by Crippen LogP contribution is -2.35. The predicted molar refractivity (Wildman–Crippen MR) is 80.8 cm³/mol. The lowest BCUT2D eigenvalue weighted by molar-refractivity contribution is 0.616. The summed E-state index contributed by atoms with van der Waals surface area (Å²) >= 11 is 0. The molecule has 1 N–H and O–H groups in total. The zero-order chi connectivity index (χ0) is 13.8. The number of nitrogens with zero attached hydrogens (tertiary/aromatic N) is 3. The SMILES string of the molecule is CCCc1c(NC)ncnc1N1C(C)CCC1CC. The maximum Gasteiger partial charge on any atom is 0.137 e. The summed E-state index contributed by atoms with van der Waals surface area (Å²) in [5.74, 6) is 2.14. The van der Waals surface area contributed by atoms with Crippen molar-refractivity contribution in [1.29, 1.82) is 0 Å². The third-order valence-electron chi connectivity index (χ3n) is 4.16. The largest absolute Gasteiger partial charge is 0.373 e. The second-order valence-electron chi connectivity index (χ2n) is 5.42. The molecule has 0 bridgehead atoms. The summed E-state index contributed by atoms with van der Waals surface area (Å²) in [6, 6.07) is 1.21. The van der Waals surface area contributed by atoms with Gasteiger partial charge in [0.1, 0.15) is 18.0 Å². The van der Waals surface area contributed by atoms with E-state index in [1.165, 1.54) is 24.8 Å². The lowest BCUT2D eigenvalue weighted by Gasteiger charge is -2.31. The highest BCUT2D eigenvalue weighted by Crippen LogP contribution is 2.34. The molecule has 2 rings (SSSR count). The average Bonchev–Trinajstić information content (AvgIpc) is 2.80. The molecule has 2 atom stereocenters. The van der Waals surface area contributed by atoms with Crippen LogP contribution in [0.2, 0.25) is 0 Å². The minimum atomic E-state index is 0.583. The van der Waals surface area contributed by atoms with E-state index in [9.17, 15) is 0 Å². The first-order valence-electron chi connectivity index (χ1n) is 7.52. The van der Waals surface area contributed by atoms with Crippen LogP contribution >= 0.6 is 0 Å². The van der Waals surface area contributed by atoms with Gasteiger partial charge in [-0.25, -0.2) is 9.97 Å². The van der Waals surface area contributed by atoms with E-state index in [1.807, 2.05) is 7.05 Å². The highest BCUT2D eigenvalue weighted by atomic mass is 15.3. The molecule has 4 heteroatoms. The van der Waals surface area contributed by atoms with Gasteiger partial charge in [0.2, 0.25) is 0 Å². The average molecular weight is 262 g/mol. The molecule has 0 saturated carbocycles. The van der Waals surface area contributed by atoms with Gasteiger partial charge in [0.05, 0.1) is 0 Å². The van der Waals surface area contributed by atoms with Gasteiger partial charge in [0.15, 0.2) is 0 Å². The van der Waals surface area contributed by atoms with Crippen LogP contribution in [0.3, 0.4) is 0 Å². The molecular weight excluding hydrogens is 236 g/mol. The molecule has 2 heterocycles. The van der Waals surface area contributed by atoms with Crippen molar-refractivity contribution in [3.63, 3.8) is 0 Å². The zero-order valence-corrected chi connectivity index (χ0v) is 12.6. The molecule has 0 amide bonds. The summed E-state index contributed by atoms with van der Waals surface area (Å²) in [7, 11) is 1.94. The van der Waals surface area contributed by atoms with Crippen LogP contribution in [0.5, 0.6) is 0 Å². The number of rotatable bonds is 5. The molecule has 0 radical (unpaired) electrons. The van der Waals surface area contributed by atoms with Crippen LogP contribution in [0.25, 0.3) is 0 Å². The summed E-state index contributed by atoms with van der Waals surface area (Å²) in [6.45, 7) is 6.79. The molecule has 0 aromatic carbocycles. The molecule has 1 aliphatic heterocycles. The van der Waals surface area contributed by atoms with E-state index in [-0.39, 0.29) is 0 Å². The quantitative estimate of drug-likeness (QED) is 0.884. The van der Waals surface area contributed by atoms with E-state index in [0.29, 0.717) is 12.1 Å². The van der Waals surface area contributed by atoms with Crippen LogP contribution in [0.1, 0.15) is 52.0 Å². The fraction of sp³-hybridized carbons (Fsp3) is 0.733.